The van der Waals surface area contributed by atoms with Gasteiger partial charge in [0.1, 0.15) is 0 Å². The van der Waals surface area contributed by atoms with Crippen molar-refractivity contribution in [3.63, 3.8) is 0 Å². The number of hydrogen-bond donors (Lipinski definition) is 1. The van der Waals surface area contributed by atoms with Crippen molar-refractivity contribution in [3.8, 4) is 0 Å². The van der Waals surface area contributed by atoms with Crippen LogP contribution in [0.3, 0.4) is 0 Å². The summed E-state index contributed by atoms with van der Waals surface area (Å²) in [5, 5.41) is 0. The quantitative estimate of drug-likeness (QED) is 0.857. The third-order valence-electron chi connectivity index (χ3n) is 4.06. The summed E-state index contributed by atoms with van der Waals surface area (Å²) >= 11 is 0. The highest BCUT2D eigenvalue weighted by atomic mass is 32.2. The Kier molecular flexibility index (Phi) is 4.87. The van der Waals surface area contributed by atoms with Crippen LogP contribution in [0.5, 0.6) is 0 Å². The molecule has 112 valence electrons. The molecule has 6 heteroatoms. The smallest absolute Gasteiger partial charge is 0.279 e. The van der Waals surface area contributed by atoms with Gasteiger partial charge in [0.2, 0.25) is 0 Å². The first-order chi connectivity index (χ1) is 8.87. The molecule has 2 fully saturated rings. The lowest BCUT2D eigenvalue weighted by Crippen LogP contribution is -2.54. The second-order valence-electron chi connectivity index (χ2n) is 6.15. The number of hydrogen-bond acceptors (Lipinski definition) is 3. The van der Waals surface area contributed by atoms with Gasteiger partial charge in [-0.05, 0) is 45.4 Å². The molecule has 1 heterocycles. The van der Waals surface area contributed by atoms with Gasteiger partial charge >= 0.3 is 0 Å². The van der Waals surface area contributed by atoms with Gasteiger partial charge in [-0.15, -0.1) is 0 Å². The molecule has 0 amide bonds. The van der Waals surface area contributed by atoms with E-state index in [2.05, 4.69) is 11.6 Å². The summed E-state index contributed by atoms with van der Waals surface area (Å²) in [7, 11) is -3.36. The van der Waals surface area contributed by atoms with Crippen LogP contribution in [0.4, 0.5) is 0 Å². The van der Waals surface area contributed by atoms with Crippen LogP contribution in [0, 0.1) is 5.92 Å². The largest absolute Gasteiger partial charge is 0.373 e. The van der Waals surface area contributed by atoms with E-state index in [1.165, 1.54) is 4.31 Å². The highest BCUT2D eigenvalue weighted by Crippen LogP contribution is 2.24. The summed E-state index contributed by atoms with van der Waals surface area (Å²) in [6, 6.07) is 0.106. The Hall–Kier alpha value is -0.170. The molecule has 1 aliphatic carbocycles. The van der Waals surface area contributed by atoms with Crippen molar-refractivity contribution < 1.29 is 13.2 Å². The zero-order valence-corrected chi connectivity index (χ0v) is 12.9. The first-order valence-electron chi connectivity index (χ1n) is 7.29. The van der Waals surface area contributed by atoms with Gasteiger partial charge in [0.15, 0.2) is 0 Å². The van der Waals surface area contributed by atoms with E-state index in [4.69, 9.17) is 4.74 Å². The van der Waals surface area contributed by atoms with Gasteiger partial charge in [-0.3, -0.25) is 0 Å². The van der Waals surface area contributed by atoms with Crippen LogP contribution in [0.15, 0.2) is 0 Å². The lowest BCUT2D eigenvalue weighted by Gasteiger charge is -2.36. The summed E-state index contributed by atoms with van der Waals surface area (Å²) in [6.07, 6.45) is 4.07. The molecule has 1 saturated carbocycles. The van der Waals surface area contributed by atoms with Crippen LogP contribution >= 0.6 is 0 Å². The average molecular weight is 290 g/mol. The van der Waals surface area contributed by atoms with Crippen molar-refractivity contribution >= 4 is 10.2 Å². The Morgan fingerprint density at radius 1 is 1.00 bits per heavy atom. The van der Waals surface area contributed by atoms with Crippen molar-refractivity contribution in [1.29, 1.82) is 0 Å². The maximum Gasteiger partial charge on any atom is 0.279 e. The van der Waals surface area contributed by atoms with Crippen molar-refractivity contribution in [1.82, 2.24) is 9.03 Å². The van der Waals surface area contributed by atoms with E-state index in [0.29, 0.717) is 13.1 Å². The van der Waals surface area contributed by atoms with Crippen LogP contribution in [0.2, 0.25) is 0 Å². The van der Waals surface area contributed by atoms with Crippen molar-refractivity contribution in [2.24, 2.45) is 5.92 Å². The van der Waals surface area contributed by atoms with Gasteiger partial charge in [0.25, 0.3) is 10.2 Å². The number of rotatable bonds is 3. The van der Waals surface area contributed by atoms with Crippen molar-refractivity contribution in [2.75, 3.05) is 13.1 Å². The van der Waals surface area contributed by atoms with E-state index in [0.717, 1.165) is 31.6 Å². The number of morpholine rings is 1. The summed E-state index contributed by atoms with van der Waals surface area (Å²) in [6.45, 7) is 6.96. The Morgan fingerprint density at radius 2 is 1.53 bits per heavy atom. The molecule has 2 atom stereocenters. The monoisotopic (exact) mass is 290 g/mol. The van der Waals surface area contributed by atoms with E-state index in [1.807, 2.05) is 13.8 Å². The molecule has 0 radical (unpaired) electrons. The van der Waals surface area contributed by atoms with E-state index in [-0.39, 0.29) is 18.2 Å². The SMILES string of the molecule is CC1CCC(NS(=O)(=O)N2C[C@@H](C)O[C@H](C)C2)CC1. The first-order valence-corrected chi connectivity index (χ1v) is 8.73. The van der Waals surface area contributed by atoms with Crippen molar-refractivity contribution in [3.05, 3.63) is 0 Å². The molecule has 0 aromatic carbocycles. The van der Waals surface area contributed by atoms with Crippen LogP contribution in [-0.2, 0) is 14.9 Å². The first kappa shape index (κ1) is 15.2. The van der Waals surface area contributed by atoms with Crippen LogP contribution in [0.1, 0.15) is 46.5 Å². The molecule has 0 aromatic rings. The van der Waals surface area contributed by atoms with Gasteiger partial charge in [-0.2, -0.15) is 17.4 Å². The molecular weight excluding hydrogens is 264 g/mol. The maximum absolute atomic E-state index is 12.4. The van der Waals surface area contributed by atoms with Gasteiger partial charge in [0.05, 0.1) is 12.2 Å². The predicted molar refractivity (Wildman–Crippen MR) is 75.1 cm³/mol. The highest BCUT2D eigenvalue weighted by Gasteiger charge is 2.33. The van der Waals surface area contributed by atoms with Crippen LogP contribution in [-0.4, -0.2) is 44.1 Å². The molecular formula is C13H26N2O3S. The Bertz CT molecular complexity index is 381. The van der Waals surface area contributed by atoms with Crippen LogP contribution in [0.25, 0.3) is 0 Å². The fraction of sp³-hybridized carbons (Fsp3) is 1.00. The maximum atomic E-state index is 12.4. The molecule has 0 aromatic heterocycles. The van der Waals surface area contributed by atoms with Gasteiger partial charge < -0.3 is 4.74 Å². The van der Waals surface area contributed by atoms with Gasteiger partial charge in [-0.1, -0.05) is 6.92 Å². The minimum atomic E-state index is -3.36. The van der Waals surface area contributed by atoms with Crippen molar-refractivity contribution in [2.45, 2.75) is 64.7 Å². The van der Waals surface area contributed by atoms with Crippen LogP contribution < -0.4 is 4.72 Å². The summed E-state index contributed by atoms with van der Waals surface area (Å²) < 4.78 is 34.8. The molecule has 0 bridgehead atoms. The molecule has 1 aliphatic heterocycles. The second-order valence-corrected chi connectivity index (χ2v) is 7.86. The minimum Gasteiger partial charge on any atom is -0.373 e. The molecule has 19 heavy (non-hydrogen) atoms. The highest BCUT2D eigenvalue weighted by molar-refractivity contribution is 7.87. The predicted octanol–water partition coefficient (Wildman–Crippen LogP) is 1.51. The average Bonchev–Trinajstić information content (AvgIpc) is 2.31. The molecule has 2 rings (SSSR count). The summed E-state index contributed by atoms with van der Waals surface area (Å²) in [5.41, 5.74) is 0. The number of ether oxygens (including phenoxy) is 1. The Morgan fingerprint density at radius 3 is 2.05 bits per heavy atom. The zero-order valence-electron chi connectivity index (χ0n) is 12.1. The molecule has 0 spiro atoms. The number of nitrogens with zero attached hydrogens (tertiary/aromatic N) is 1. The third kappa shape index (κ3) is 4.15. The zero-order chi connectivity index (χ0) is 14.0. The lowest BCUT2D eigenvalue weighted by molar-refractivity contribution is -0.0445. The van der Waals surface area contributed by atoms with Gasteiger partial charge in [-0.25, -0.2) is 0 Å². The Labute approximate surface area is 116 Å². The fourth-order valence-corrected chi connectivity index (χ4v) is 4.61. The molecule has 0 unspecified atom stereocenters. The summed E-state index contributed by atoms with van der Waals surface area (Å²) in [4.78, 5) is 0. The number of nitrogens with one attached hydrogen (secondary N) is 1. The van der Waals surface area contributed by atoms with E-state index in [1.54, 1.807) is 0 Å². The van der Waals surface area contributed by atoms with E-state index < -0.39 is 10.2 Å². The topological polar surface area (TPSA) is 58.6 Å². The minimum absolute atomic E-state index is 0.0355. The Balaban J connectivity index is 1.94. The second kappa shape index (κ2) is 6.08. The van der Waals surface area contributed by atoms with E-state index >= 15 is 0 Å². The molecule has 2 aliphatic rings. The standard InChI is InChI=1S/C13H26N2O3S/c1-10-4-6-13(7-5-10)14-19(16,17)15-8-11(2)18-12(3)9-15/h10-14H,4-9H2,1-3H3/t10?,11-,12-,13?/m1/s1. The fourth-order valence-electron chi connectivity index (χ4n) is 2.99. The van der Waals surface area contributed by atoms with E-state index in [9.17, 15) is 8.42 Å². The normalized spacial score (nSPS) is 38.3. The molecule has 5 nitrogen and oxygen atoms in total. The molecule has 1 N–H and O–H groups in total. The lowest BCUT2D eigenvalue weighted by atomic mass is 9.88. The summed E-state index contributed by atoms with van der Waals surface area (Å²) in [5.74, 6) is 0.726. The van der Waals surface area contributed by atoms with Gasteiger partial charge in [0, 0.05) is 19.1 Å². The third-order valence-corrected chi connectivity index (χ3v) is 5.67. The molecule has 1 saturated heterocycles.